The van der Waals surface area contributed by atoms with E-state index in [4.69, 9.17) is 4.74 Å². The van der Waals surface area contributed by atoms with Gasteiger partial charge in [-0.25, -0.2) is 0 Å². The van der Waals surface area contributed by atoms with E-state index in [1.165, 1.54) is 25.7 Å². The van der Waals surface area contributed by atoms with Crippen molar-refractivity contribution in [3.8, 4) is 0 Å². The molecule has 0 heterocycles. The molecule has 0 radical (unpaired) electrons. The molecule has 0 unspecified atom stereocenters. The van der Waals surface area contributed by atoms with Gasteiger partial charge >= 0.3 is 0 Å². The molecular formula is C13H27NOS. The lowest BCUT2D eigenvalue weighted by atomic mass is 10.1. The van der Waals surface area contributed by atoms with E-state index >= 15 is 0 Å². The van der Waals surface area contributed by atoms with E-state index in [1.54, 1.807) is 0 Å². The molecule has 0 aromatic carbocycles. The minimum atomic E-state index is 0.804. The van der Waals surface area contributed by atoms with Crippen molar-refractivity contribution in [1.82, 2.24) is 4.90 Å². The van der Waals surface area contributed by atoms with Crippen LogP contribution in [0.2, 0.25) is 0 Å². The first-order valence-corrected chi connectivity index (χ1v) is 7.30. The smallest absolute Gasteiger partial charge is 0.0478 e. The van der Waals surface area contributed by atoms with E-state index in [0.717, 1.165) is 44.0 Å². The molecule has 0 spiro atoms. The van der Waals surface area contributed by atoms with Crippen LogP contribution in [0.5, 0.6) is 0 Å². The number of nitrogens with zero attached hydrogens (tertiary/aromatic N) is 1. The average molecular weight is 245 g/mol. The maximum atomic E-state index is 5.63. The average Bonchev–Trinajstić information content (AvgIpc) is 3.05. The topological polar surface area (TPSA) is 12.5 Å². The highest BCUT2D eigenvalue weighted by Gasteiger charge is 2.27. The maximum absolute atomic E-state index is 5.63. The Balaban J connectivity index is 1.83. The Bertz CT molecular complexity index is 171. The van der Waals surface area contributed by atoms with E-state index in [-0.39, 0.29) is 0 Å². The standard InChI is InChI=1S/C13H27NOS/c1-12(2)5-3-9-15-10-4-8-14(11-16)13-6-7-13/h12-13,16H,3-11H2,1-2H3. The highest BCUT2D eigenvalue weighted by Crippen LogP contribution is 2.26. The zero-order valence-corrected chi connectivity index (χ0v) is 11.7. The van der Waals surface area contributed by atoms with Gasteiger partial charge < -0.3 is 4.74 Å². The predicted octanol–water partition coefficient (Wildman–Crippen LogP) is 3.18. The third kappa shape index (κ3) is 6.77. The van der Waals surface area contributed by atoms with Crippen molar-refractivity contribution in [1.29, 1.82) is 0 Å². The maximum Gasteiger partial charge on any atom is 0.0478 e. The van der Waals surface area contributed by atoms with Crippen molar-refractivity contribution >= 4 is 12.6 Å². The number of hydrogen-bond acceptors (Lipinski definition) is 3. The minimum absolute atomic E-state index is 0.804. The summed E-state index contributed by atoms with van der Waals surface area (Å²) in [7, 11) is 0. The second kappa shape index (κ2) is 8.37. The predicted molar refractivity (Wildman–Crippen MR) is 73.1 cm³/mol. The third-order valence-corrected chi connectivity index (χ3v) is 3.41. The number of rotatable bonds is 10. The molecule has 16 heavy (non-hydrogen) atoms. The summed E-state index contributed by atoms with van der Waals surface area (Å²) in [6, 6.07) is 0.832. The summed E-state index contributed by atoms with van der Waals surface area (Å²) in [4.78, 5) is 2.46. The molecular weight excluding hydrogens is 218 g/mol. The van der Waals surface area contributed by atoms with Gasteiger partial charge in [0.15, 0.2) is 0 Å². The van der Waals surface area contributed by atoms with Gasteiger partial charge in [0.05, 0.1) is 0 Å². The lowest BCUT2D eigenvalue weighted by Crippen LogP contribution is -2.26. The summed E-state index contributed by atoms with van der Waals surface area (Å²) >= 11 is 4.36. The Morgan fingerprint density at radius 2 is 1.94 bits per heavy atom. The Labute approximate surface area is 106 Å². The quantitative estimate of drug-likeness (QED) is 0.360. The van der Waals surface area contributed by atoms with Crippen molar-refractivity contribution in [3.63, 3.8) is 0 Å². The fourth-order valence-electron chi connectivity index (χ4n) is 1.87. The van der Waals surface area contributed by atoms with E-state index in [2.05, 4.69) is 31.4 Å². The van der Waals surface area contributed by atoms with Gasteiger partial charge in [-0.2, -0.15) is 12.6 Å². The zero-order chi connectivity index (χ0) is 11.8. The van der Waals surface area contributed by atoms with Crippen molar-refractivity contribution in [2.45, 2.75) is 52.0 Å². The Morgan fingerprint density at radius 1 is 1.25 bits per heavy atom. The van der Waals surface area contributed by atoms with Gasteiger partial charge in [-0.3, -0.25) is 4.90 Å². The molecule has 1 rings (SSSR count). The molecule has 0 aromatic heterocycles. The molecule has 96 valence electrons. The van der Waals surface area contributed by atoms with Gasteiger partial charge in [0.1, 0.15) is 0 Å². The van der Waals surface area contributed by atoms with Gasteiger partial charge in [-0.15, -0.1) is 0 Å². The Hall–Kier alpha value is 0.270. The van der Waals surface area contributed by atoms with E-state index in [0.29, 0.717) is 0 Å². The molecule has 0 saturated heterocycles. The van der Waals surface area contributed by atoms with Crippen LogP contribution in [-0.2, 0) is 4.74 Å². The molecule has 1 saturated carbocycles. The molecule has 0 aliphatic heterocycles. The van der Waals surface area contributed by atoms with Crippen LogP contribution in [0.4, 0.5) is 0 Å². The van der Waals surface area contributed by atoms with Crippen LogP contribution >= 0.6 is 12.6 Å². The second-order valence-corrected chi connectivity index (χ2v) is 5.47. The number of thiol groups is 1. The Kier molecular flexibility index (Phi) is 7.50. The molecule has 3 heteroatoms. The summed E-state index contributed by atoms with van der Waals surface area (Å²) in [6.07, 6.45) is 6.38. The van der Waals surface area contributed by atoms with Gasteiger partial charge in [-0.1, -0.05) is 13.8 Å². The lowest BCUT2D eigenvalue weighted by Gasteiger charge is -2.18. The largest absolute Gasteiger partial charge is 0.381 e. The van der Waals surface area contributed by atoms with E-state index < -0.39 is 0 Å². The van der Waals surface area contributed by atoms with Crippen LogP contribution in [0.3, 0.4) is 0 Å². The van der Waals surface area contributed by atoms with Crippen LogP contribution in [-0.4, -0.2) is 36.6 Å². The summed E-state index contributed by atoms with van der Waals surface area (Å²) in [5.41, 5.74) is 0. The SMILES string of the molecule is CC(C)CCCOCCCN(CS)C1CC1. The van der Waals surface area contributed by atoms with Crippen LogP contribution in [0.25, 0.3) is 0 Å². The van der Waals surface area contributed by atoms with E-state index in [1.807, 2.05) is 0 Å². The molecule has 2 nitrogen and oxygen atoms in total. The summed E-state index contributed by atoms with van der Waals surface area (Å²) < 4.78 is 5.63. The molecule has 0 atom stereocenters. The van der Waals surface area contributed by atoms with E-state index in [9.17, 15) is 0 Å². The van der Waals surface area contributed by atoms with Gasteiger partial charge in [0.2, 0.25) is 0 Å². The minimum Gasteiger partial charge on any atom is -0.381 e. The fraction of sp³-hybridized carbons (Fsp3) is 1.00. The van der Waals surface area contributed by atoms with Crippen LogP contribution < -0.4 is 0 Å². The fourth-order valence-corrected chi connectivity index (χ4v) is 2.25. The second-order valence-electron chi connectivity index (χ2n) is 5.19. The summed E-state index contributed by atoms with van der Waals surface area (Å²) in [6.45, 7) is 7.52. The van der Waals surface area contributed by atoms with Crippen LogP contribution in [0.1, 0.15) is 46.0 Å². The molecule has 0 N–H and O–H groups in total. The lowest BCUT2D eigenvalue weighted by molar-refractivity contribution is 0.117. The molecule has 1 fully saturated rings. The van der Waals surface area contributed by atoms with Crippen molar-refractivity contribution < 1.29 is 4.74 Å². The first-order valence-electron chi connectivity index (χ1n) is 6.66. The first kappa shape index (κ1) is 14.3. The van der Waals surface area contributed by atoms with Crippen molar-refractivity contribution in [2.75, 3.05) is 25.6 Å². The van der Waals surface area contributed by atoms with Gasteiger partial charge in [0, 0.05) is 31.7 Å². The number of ether oxygens (including phenoxy) is 1. The van der Waals surface area contributed by atoms with Crippen LogP contribution in [0, 0.1) is 5.92 Å². The third-order valence-electron chi connectivity index (χ3n) is 3.05. The molecule has 1 aliphatic rings. The summed E-state index contributed by atoms with van der Waals surface area (Å²) in [5.74, 6) is 1.70. The van der Waals surface area contributed by atoms with Gasteiger partial charge in [0.25, 0.3) is 0 Å². The zero-order valence-electron chi connectivity index (χ0n) is 10.8. The molecule has 0 aromatic rings. The van der Waals surface area contributed by atoms with Crippen LogP contribution in [0.15, 0.2) is 0 Å². The molecule has 0 amide bonds. The Morgan fingerprint density at radius 3 is 2.50 bits per heavy atom. The summed E-state index contributed by atoms with van der Waals surface area (Å²) in [5, 5.41) is 0. The highest BCUT2D eigenvalue weighted by atomic mass is 32.1. The number of hydrogen-bond donors (Lipinski definition) is 1. The normalized spacial score (nSPS) is 16.3. The van der Waals surface area contributed by atoms with Crippen molar-refractivity contribution in [2.24, 2.45) is 5.92 Å². The highest BCUT2D eigenvalue weighted by molar-refractivity contribution is 7.80. The van der Waals surface area contributed by atoms with Crippen molar-refractivity contribution in [3.05, 3.63) is 0 Å². The molecule has 0 bridgehead atoms. The van der Waals surface area contributed by atoms with Gasteiger partial charge in [-0.05, 0) is 38.0 Å². The molecule has 1 aliphatic carbocycles. The first-order chi connectivity index (χ1) is 7.74. The monoisotopic (exact) mass is 245 g/mol.